The maximum absolute atomic E-state index is 10.3. The van der Waals surface area contributed by atoms with Gasteiger partial charge in [0.1, 0.15) is 0 Å². The molecule has 0 spiro atoms. The van der Waals surface area contributed by atoms with E-state index in [2.05, 4.69) is 4.99 Å². The first-order valence-corrected chi connectivity index (χ1v) is 2.10. The molecule has 0 aliphatic carbocycles. The van der Waals surface area contributed by atoms with Crippen molar-refractivity contribution in [3.05, 3.63) is 12.3 Å². The van der Waals surface area contributed by atoms with E-state index in [-0.39, 0.29) is 39.7 Å². The Bertz CT molecular complexity index is 142. The lowest BCUT2D eigenvalue weighted by Crippen LogP contribution is -1.98. The highest BCUT2D eigenvalue weighted by Gasteiger charge is 1.93. The van der Waals surface area contributed by atoms with E-state index in [1.165, 1.54) is 6.21 Å². The molecular weight excluding hydrogens is 250 g/mol. The zero-order chi connectivity index (χ0) is 5.11. The third kappa shape index (κ3) is 4.54. The number of allylic oxidation sites excluding steroid dienone is 1. The van der Waals surface area contributed by atoms with Gasteiger partial charge in [0.15, 0.2) is 5.78 Å². The molecule has 0 radical (unpaired) electrons. The minimum absolute atomic E-state index is 0. The zero-order valence-electron chi connectivity index (χ0n) is 4.61. The van der Waals surface area contributed by atoms with E-state index in [1.54, 1.807) is 12.3 Å². The van der Waals surface area contributed by atoms with Gasteiger partial charge < -0.3 is 0 Å². The molecule has 1 rings (SSSR count). The molecule has 0 bridgehead atoms. The molecule has 0 aromatic carbocycles. The van der Waals surface area contributed by atoms with Gasteiger partial charge in [0.05, 0.1) is 6.21 Å². The van der Waals surface area contributed by atoms with Crippen LogP contribution in [-0.2, 0) is 4.79 Å². The molecule has 4 heteroatoms. The van der Waals surface area contributed by atoms with Crippen LogP contribution in [0.2, 0.25) is 0 Å². The number of carbonyl (C=O) groups is 1. The molecule has 0 unspecified atom stereocenters. The molecule has 9 heavy (non-hydrogen) atoms. The van der Waals surface area contributed by atoms with Crippen LogP contribution in [0.25, 0.3) is 0 Å². The van der Waals surface area contributed by atoms with Crippen molar-refractivity contribution in [3.8, 4) is 0 Å². The van der Waals surface area contributed by atoms with Crippen molar-refractivity contribution in [3.63, 3.8) is 0 Å². The summed E-state index contributed by atoms with van der Waals surface area (Å²) >= 11 is 0. The number of aliphatic imine (C=N–C) groups is 1. The van der Waals surface area contributed by atoms with Crippen molar-refractivity contribution in [2.45, 2.75) is 6.42 Å². The minimum Gasteiger partial charge on any atom is -0.293 e. The molecule has 2 nitrogen and oxygen atoms in total. The third-order valence-electron chi connectivity index (χ3n) is 0.729. The summed E-state index contributed by atoms with van der Waals surface area (Å²) in [6.45, 7) is 0. The van der Waals surface area contributed by atoms with Crippen molar-refractivity contribution in [2.75, 3.05) is 0 Å². The Hall–Kier alpha value is 0.0400. The molecule has 1 heterocycles. The van der Waals surface area contributed by atoms with Gasteiger partial charge in [0.25, 0.3) is 0 Å². The number of Topliss-reactive ketones (excluding diaryl/α,β-unsaturated/α-hetero) is 1. The summed E-state index contributed by atoms with van der Waals surface area (Å²) in [7, 11) is 0. The van der Waals surface area contributed by atoms with Crippen molar-refractivity contribution < 1.29 is 4.79 Å². The Morgan fingerprint density at radius 3 is 2.33 bits per heavy atom. The predicted molar refractivity (Wildman–Crippen MR) is 47.9 cm³/mol. The molecule has 0 atom stereocenters. The normalized spacial score (nSPS) is 14.0. The summed E-state index contributed by atoms with van der Waals surface area (Å²) < 4.78 is 0. The van der Waals surface area contributed by atoms with Crippen LogP contribution in [0.1, 0.15) is 6.42 Å². The first-order valence-electron chi connectivity index (χ1n) is 2.10. The van der Waals surface area contributed by atoms with Crippen LogP contribution in [-0.4, -0.2) is 12.0 Å². The largest absolute Gasteiger partial charge is 0.293 e. The monoisotopic (exact) mass is 255 g/mol. The Labute approximate surface area is 74.6 Å². The van der Waals surface area contributed by atoms with Gasteiger partial charge in [-0.2, -0.15) is 0 Å². The van der Waals surface area contributed by atoms with E-state index in [1.807, 2.05) is 0 Å². The Morgan fingerprint density at radius 2 is 2.11 bits per heavy atom. The number of nitrogens with zero attached hydrogens (tertiary/aromatic N) is 1. The number of halogens is 2. The van der Waals surface area contributed by atoms with Crippen LogP contribution >= 0.6 is 34.0 Å². The lowest BCUT2D eigenvalue weighted by molar-refractivity contribution is -0.111. The zero-order valence-corrected chi connectivity index (χ0v) is 8.04. The molecule has 1 aliphatic rings. The fourth-order valence-corrected chi connectivity index (χ4v) is 0.409. The molecule has 52 valence electrons. The van der Waals surface area contributed by atoms with E-state index in [9.17, 15) is 4.79 Å². The number of carbonyl (C=O) groups excluding carboxylic acids is 1. The summed E-state index contributed by atoms with van der Waals surface area (Å²) in [4.78, 5) is 13.9. The first-order chi connectivity index (χ1) is 3.39. The molecule has 0 saturated carbocycles. The summed E-state index contributed by atoms with van der Waals surface area (Å²) in [6.07, 6.45) is 5.22. The number of rotatable bonds is 0. The van der Waals surface area contributed by atoms with Gasteiger partial charge in [-0.15, -0.1) is 34.0 Å². The van der Waals surface area contributed by atoms with Gasteiger partial charge in [-0.25, -0.2) is 0 Å². The second-order valence-electron chi connectivity index (χ2n) is 1.33. The van der Waals surface area contributed by atoms with Crippen molar-refractivity contribution in [1.82, 2.24) is 0 Å². The second-order valence-corrected chi connectivity index (χ2v) is 1.33. The van der Waals surface area contributed by atoms with Crippen LogP contribution in [0.15, 0.2) is 17.3 Å². The smallest absolute Gasteiger partial charge is 0.177 e. The number of ketones is 1. The summed E-state index contributed by atoms with van der Waals surface area (Å²) in [6, 6.07) is 0. The predicted octanol–water partition coefficient (Wildman–Crippen LogP) is 1.70. The maximum atomic E-state index is 10.3. The van der Waals surface area contributed by atoms with Crippen LogP contribution in [0.4, 0.5) is 0 Å². The number of hydrogen-bond acceptors (Lipinski definition) is 2. The molecule has 0 saturated heterocycles. The highest BCUT2D eigenvalue weighted by Crippen LogP contribution is 1.89. The lowest BCUT2D eigenvalue weighted by Gasteiger charge is -1.88. The van der Waals surface area contributed by atoms with Crippen molar-refractivity contribution >= 4 is 46.0 Å². The molecule has 0 amide bonds. The molecule has 0 fully saturated rings. The quantitative estimate of drug-likeness (QED) is 0.649. The maximum Gasteiger partial charge on any atom is 0.177 e. The van der Waals surface area contributed by atoms with Crippen molar-refractivity contribution in [1.29, 1.82) is 0 Å². The summed E-state index contributed by atoms with van der Waals surface area (Å²) in [5, 5.41) is 0. The fourth-order valence-electron chi connectivity index (χ4n) is 0.409. The van der Waals surface area contributed by atoms with Gasteiger partial charge in [0.2, 0.25) is 0 Å². The average molecular weight is 257 g/mol. The van der Waals surface area contributed by atoms with Gasteiger partial charge in [-0.3, -0.25) is 9.79 Å². The molecule has 0 aromatic heterocycles. The van der Waals surface area contributed by atoms with Gasteiger partial charge in [-0.1, -0.05) is 6.08 Å². The van der Waals surface area contributed by atoms with Gasteiger partial charge in [0, 0.05) is 12.6 Å². The van der Waals surface area contributed by atoms with Gasteiger partial charge in [-0.05, 0) is 0 Å². The summed E-state index contributed by atoms with van der Waals surface area (Å²) in [5.41, 5.74) is 0. The van der Waals surface area contributed by atoms with Gasteiger partial charge >= 0.3 is 0 Å². The molecule has 0 aromatic rings. The van der Waals surface area contributed by atoms with Crippen LogP contribution < -0.4 is 0 Å². The average Bonchev–Trinajstić information content (AvgIpc) is 1.69. The highest BCUT2D eigenvalue weighted by atomic mass is 79.9. The van der Waals surface area contributed by atoms with Crippen molar-refractivity contribution in [2.24, 2.45) is 4.99 Å². The fraction of sp³-hybridized carbons (Fsp3) is 0.200. The Kier molecular flexibility index (Phi) is 8.08. The van der Waals surface area contributed by atoms with E-state index in [0.29, 0.717) is 6.42 Å². The standard InChI is InChI=1S/C5H5NO.2BrH/c7-5-2-1-3-6-4-5;;/h1,3-4H,2H2;2*1H. The van der Waals surface area contributed by atoms with Crippen LogP contribution in [0.3, 0.4) is 0 Å². The van der Waals surface area contributed by atoms with Crippen LogP contribution in [0, 0.1) is 0 Å². The lowest BCUT2D eigenvalue weighted by atomic mass is 10.3. The van der Waals surface area contributed by atoms with E-state index < -0.39 is 0 Å². The minimum atomic E-state index is 0. The molecule has 1 aliphatic heterocycles. The SMILES string of the molecule is Br.Br.O=C1C=NC=CC1. The number of hydrogen-bond donors (Lipinski definition) is 0. The Morgan fingerprint density at radius 1 is 1.44 bits per heavy atom. The van der Waals surface area contributed by atoms with E-state index in [4.69, 9.17) is 0 Å². The van der Waals surface area contributed by atoms with E-state index in [0.717, 1.165) is 0 Å². The van der Waals surface area contributed by atoms with Crippen LogP contribution in [0.5, 0.6) is 0 Å². The Balaban J connectivity index is 0. The topological polar surface area (TPSA) is 29.4 Å². The first kappa shape index (κ1) is 11.8. The highest BCUT2D eigenvalue weighted by molar-refractivity contribution is 8.93. The molecular formula is C5H7Br2NO. The van der Waals surface area contributed by atoms with E-state index >= 15 is 0 Å². The second kappa shape index (κ2) is 6.16. The summed E-state index contributed by atoms with van der Waals surface area (Å²) in [5.74, 6) is 0.0856. The third-order valence-corrected chi connectivity index (χ3v) is 0.729. The molecule has 0 N–H and O–H groups in total.